The summed E-state index contributed by atoms with van der Waals surface area (Å²) in [6, 6.07) is 10.2. The van der Waals surface area contributed by atoms with Crippen LogP contribution in [0.4, 0.5) is 10.8 Å². The number of nitrogens with one attached hydrogen (secondary N) is 1. The Labute approximate surface area is 162 Å². The van der Waals surface area contributed by atoms with E-state index in [-0.39, 0.29) is 10.2 Å². The van der Waals surface area contributed by atoms with E-state index in [0.29, 0.717) is 10.7 Å². The molecule has 0 amide bonds. The SMILES string of the molecule is O=[N+]([O-])c1cc(Cl)ccc1S(=O)(=O)Nc1nc(-c2ccc(Cl)cc2)cs1. The molecule has 1 heterocycles. The molecule has 3 aromatic rings. The molecule has 0 radical (unpaired) electrons. The summed E-state index contributed by atoms with van der Waals surface area (Å²) in [5, 5.41) is 13.5. The van der Waals surface area contributed by atoms with E-state index >= 15 is 0 Å². The molecule has 0 aliphatic heterocycles. The van der Waals surface area contributed by atoms with Crippen LogP contribution < -0.4 is 4.72 Å². The highest BCUT2D eigenvalue weighted by molar-refractivity contribution is 7.93. The molecule has 1 aromatic heterocycles. The third kappa shape index (κ3) is 3.96. The first-order valence-electron chi connectivity index (χ1n) is 6.94. The fourth-order valence-corrected chi connectivity index (χ4v) is 4.52. The summed E-state index contributed by atoms with van der Waals surface area (Å²) >= 11 is 12.6. The highest BCUT2D eigenvalue weighted by atomic mass is 35.5. The average Bonchev–Trinajstić information content (AvgIpc) is 3.02. The first-order valence-corrected chi connectivity index (χ1v) is 10.1. The Morgan fingerprint density at radius 3 is 2.38 bits per heavy atom. The summed E-state index contributed by atoms with van der Waals surface area (Å²) in [4.78, 5) is 14.0. The Morgan fingerprint density at radius 1 is 1.08 bits per heavy atom. The van der Waals surface area contributed by atoms with Crippen molar-refractivity contribution in [2.75, 3.05) is 4.72 Å². The molecule has 11 heteroatoms. The fourth-order valence-electron chi connectivity index (χ4n) is 2.10. The first-order chi connectivity index (χ1) is 12.3. The van der Waals surface area contributed by atoms with Crippen molar-refractivity contribution >= 4 is 55.4 Å². The van der Waals surface area contributed by atoms with Gasteiger partial charge in [-0.15, -0.1) is 11.3 Å². The summed E-state index contributed by atoms with van der Waals surface area (Å²) in [7, 11) is -4.20. The zero-order chi connectivity index (χ0) is 18.9. The van der Waals surface area contributed by atoms with Gasteiger partial charge in [0.25, 0.3) is 15.7 Å². The molecule has 0 saturated heterocycles. The van der Waals surface area contributed by atoms with Crippen molar-refractivity contribution in [2.24, 2.45) is 0 Å². The standard InChI is InChI=1S/C15H9Cl2N3O4S2/c16-10-3-1-9(2-4-10)12-8-25-15(18-12)19-26(23,24)14-6-5-11(17)7-13(14)20(21)22/h1-8H,(H,18,19). The maximum Gasteiger partial charge on any atom is 0.291 e. The topological polar surface area (TPSA) is 102 Å². The number of benzene rings is 2. The predicted molar refractivity (Wildman–Crippen MR) is 101 cm³/mol. The normalized spacial score (nSPS) is 11.3. The molecular formula is C15H9Cl2N3O4S2. The summed E-state index contributed by atoms with van der Waals surface area (Å²) in [6.45, 7) is 0. The predicted octanol–water partition coefficient (Wildman–Crippen LogP) is 4.83. The molecular weight excluding hydrogens is 421 g/mol. The molecule has 3 rings (SSSR count). The number of aromatic nitrogens is 1. The van der Waals surface area contributed by atoms with E-state index in [2.05, 4.69) is 9.71 Å². The van der Waals surface area contributed by atoms with Crippen LogP contribution in [0.1, 0.15) is 0 Å². The zero-order valence-corrected chi connectivity index (χ0v) is 15.9. The van der Waals surface area contributed by atoms with E-state index < -0.39 is 25.5 Å². The quantitative estimate of drug-likeness (QED) is 0.462. The van der Waals surface area contributed by atoms with Crippen LogP contribution in [0, 0.1) is 10.1 Å². The van der Waals surface area contributed by atoms with Gasteiger partial charge in [0.2, 0.25) is 0 Å². The number of anilines is 1. The van der Waals surface area contributed by atoms with Crippen LogP contribution in [0.3, 0.4) is 0 Å². The zero-order valence-electron chi connectivity index (χ0n) is 12.7. The summed E-state index contributed by atoms with van der Waals surface area (Å²) in [5.41, 5.74) is 0.697. The number of hydrogen-bond acceptors (Lipinski definition) is 6. The molecule has 1 N–H and O–H groups in total. The minimum atomic E-state index is -4.20. The van der Waals surface area contributed by atoms with E-state index in [4.69, 9.17) is 23.2 Å². The van der Waals surface area contributed by atoms with Crippen molar-refractivity contribution in [1.29, 1.82) is 0 Å². The highest BCUT2D eigenvalue weighted by Gasteiger charge is 2.27. The van der Waals surface area contributed by atoms with Gasteiger partial charge < -0.3 is 0 Å². The number of nitrogens with zero attached hydrogens (tertiary/aromatic N) is 2. The second kappa shape index (κ2) is 7.20. The molecule has 7 nitrogen and oxygen atoms in total. The molecule has 0 bridgehead atoms. The van der Waals surface area contributed by atoms with Gasteiger partial charge in [0, 0.05) is 27.1 Å². The van der Waals surface area contributed by atoms with Crippen LogP contribution in [0.15, 0.2) is 52.7 Å². The molecule has 0 aliphatic carbocycles. The van der Waals surface area contributed by atoms with Crippen LogP contribution in [0.2, 0.25) is 10.0 Å². The minimum absolute atomic E-state index is 0.0647. The highest BCUT2D eigenvalue weighted by Crippen LogP contribution is 2.31. The van der Waals surface area contributed by atoms with E-state index in [1.165, 1.54) is 6.07 Å². The Hall–Kier alpha value is -2.20. The number of sulfonamides is 1. The smallest absolute Gasteiger partial charge is 0.258 e. The Bertz CT molecular complexity index is 1080. The second-order valence-corrected chi connectivity index (χ2v) is 8.40. The summed E-state index contributed by atoms with van der Waals surface area (Å²) in [5.74, 6) is 0. The van der Waals surface area contributed by atoms with E-state index in [1.807, 2.05) is 0 Å². The van der Waals surface area contributed by atoms with E-state index in [9.17, 15) is 18.5 Å². The number of nitro groups is 1. The fraction of sp³-hybridized carbons (Fsp3) is 0. The molecule has 0 spiro atoms. The van der Waals surface area contributed by atoms with Crippen molar-refractivity contribution in [3.63, 3.8) is 0 Å². The molecule has 0 aliphatic rings. The van der Waals surface area contributed by atoms with Crippen molar-refractivity contribution in [3.8, 4) is 11.3 Å². The number of nitro benzene ring substituents is 1. The van der Waals surface area contributed by atoms with Crippen LogP contribution >= 0.6 is 34.5 Å². The lowest BCUT2D eigenvalue weighted by atomic mass is 10.2. The van der Waals surface area contributed by atoms with Crippen molar-refractivity contribution in [1.82, 2.24) is 4.98 Å². The number of hydrogen-bond donors (Lipinski definition) is 1. The van der Waals surface area contributed by atoms with Gasteiger partial charge in [-0.3, -0.25) is 14.8 Å². The monoisotopic (exact) mass is 429 g/mol. The van der Waals surface area contributed by atoms with Crippen LogP contribution in [-0.4, -0.2) is 18.3 Å². The van der Waals surface area contributed by atoms with Crippen molar-refractivity contribution in [3.05, 3.63) is 68.0 Å². The molecule has 2 aromatic carbocycles. The van der Waals surface area contributed by atoms with Gasteiger partial charge >= 0.3 is 0 Å². The number of thiazole rings is 1. The maximum atomic E-state index is 12.5. The van der Waals surface area contributed by atoms with Gasteiger partial charge in [-0.25, -0.2) is 13.4 Å². The van der Waals surface area contributed by atoms with Gasteiger partial charge in [0.1, 0.15) is 0 Å². The van der Waals surface area contributed by atoms with Crippen LogP contribution in [-0.2, 0) is 10.0 Å². The molecule has 0 saturated carbocycles. The number of halogens is 2. The maximum absolute atomic E-state index is 12.5. The van der Waals surface area contributed by atoms with Crippen molar-refractivity contribution < 1.29 is 13.3 Å². The summed E-state index contributed by atoms with van der Waals surface area (Å²) in [6.07, 6.45) is 0. The lowest BCUT2D eigenvalue weighted by Gasteiger charge is -2.06. The van der Waals surface area contributed by atoms with E-state index in [0.717, 1.165) is 29.0 Å². The summed E-state index contributed by atoms with van der Waals surface area (Å²) < 4.78 is 27.3. The lowest BCUT2D eigenvalue weighted by molar-refractivity contribution is -0.387. The molecule has 0 atom stereocenters. The average molecular weight is 430 g/mol. The Kier molecular flexibility index (Phi) is 5.15. The van der Waals surface area contributed by atoms with Crippen molar-refractivity contribution in [2.45, 2.75) is 4.90 Å². The Balaban J connectivity index is 1.92. The number of rotatable bonds is 5. The second-order valence-electron chi connectivity index (χ2n) is 5.02. The van der Waals surface area contributed by atoms with Crippen LogP contribution in [0.25, 0.3) is 11.3 Å². The molecule has 134 valence electrons. The molecule has 0 unspecified atom stereocenters. The third-order valence-corrected chi connectivity index (χ3v) is 6.03. The molecule has 26 heavy (non-hydrogen) atoms. The van der Waals surface area contributed by atoms with Gasteiger partial charge in [0.05, 0.1) is 10.6 Å². The minimum Gasteiger partial charge on any atom is -0.258 e. The largest absolute Gasteiger partial charge is 0.291 e. The van der Waals surface area contributed by atoms with Gasteiger partial charge in [-0.2, -0.15) is 0 Å². The van der Waals surface area contributed by atoms with Gasteiger partial charge in [0.15, 0.2) is 10.0 Å². The first kappa shape index (κ1) is 18.6. The van der Waals surface area contributed by atoms with Gasteiger partial charge in [-0.05, 0) is 24.3 Å². The van der Waals surface area contributed by atoms with Gasteiger partial charge in [-0.1, -0.05) is 35.3 Å². The third-order valence-electron chi connectivity index (χ3n) is 3.27. The molecule has 0 fully saturated rings. The van der Waals surface area contributed by atoms with Crippen LogP contribution in [0.5, 0.6) is 0 Å². The lowest BCUT2D eigenvalue weighted by Crippen LogP contribution is -2.14. The van der Waals surface area contributed by atoms with E-state index in [1.54, 1.807) is 29.6 Å². The Morgan fingerprint density at radius 2 is 1.73 bits per heavy atom.